The van der Waals surface area contributed by atoms with Gasteiger partial charge in [0.15, 0.2) is 0 Å². The van der Waals surface area contributed by atoms with Crippen molar-refractivity contribution in [1.29, 1.82) is 0 Å². The van der Waals surface area contributed by atoms with Gasteiger partial charge in [-0.1, -0.05) is 26.7 Å². The Morgan fingerprint density at radius 3 is 2.44 bits per heavy atom. The van der Waals surface area contributed by atoms with Crippen LogP contribution in [-0.2, 0) is 9.53 Å². The van der Waals surface area contributed by atoms with Gasteiger partial charge in [-0.05, 0) is 19.8 Å². The Kier molecular flexibility index (Phi) is 6.65. The standard InChI is InChI=1S/C14H28N2O2/c1-4-7-8-14(5-2,13(17)18-6-3)16-11-9-15-10-12-16/h15H,4-12H2,1-3H3. The van der Waals surface area contributed by atoms with Gasteiger partial charge in [-0.2, -0.15) is 0 Å². The Morgan fingerprint density at radius 2 is 1.94 bits per heavy atom. The molecule has 1 aliphatic heterocycles. The molecule has 1 fully saturated rings. The monoisotopic (exact) mass is 256 g/mol. The summed E-state index contributed by atoms with van der Waals surface area (Å²) < 4.78 is 5.35. The van der Waals surface area contributed by atoms with E-state index in [1.807, 2.05) is 6.92 Å². The van der Waals surface area contributed by atoms with E-state index < -0.39 is 5.54 Å². The molecule has 1 aliphatic rings. The van der Waals surface area contributed by atoms with Crippen molar-refractivity contribution in [3.63, 3.8) is 0 Å². The molecule has 0 bridgehead atoms. The molecule has 0 amide bonds. The van der Waals surface area contributed by atoms with E-state index in [-0.39, 0.29) is 5.97 Å². The Hall–Kier alpha value is -0.610. The van der Waals surface area contributed by atoms with E-state index in [0.29, 0.717) is 6.61 Å². The summed E-state index contributed by atoms with van der Waals surface area (Å²) in [4.78, 5) is 14.7. The van der Waals surface area contributed by atoms with Gasteiger partial charge < -0.3 is 10.1 Å². The lowest BCUT2D eigenvalue weighted by Gasteiger charge is -2.43. The van der Waals surface area contributed by atoms with Gasteiger partial charge >= 0.3 is 5.97 Å². The van der Waals surface area contributed by atoms with Crippen LogP contribution in [0.4, 0.5) is 0 Å². The highest BCUT2D eigenvalue weighted by Gasteiger charge is 2.43. The minimum absolute atomic E-state index is 0.0251. The fraction of sp³-hybridized carbons (Fsp3) is 0.929. The van der Waals surface area contributed by atoms with Gasteiger partial charge in [0.1, 0.15) is 5.54 Å². The van der Waals surface area contributed by atoms with E-state index in [0.717, 1.165) is 51.9 Å². The first-order chi connectivity index (χ1) is 8.71. The van der Waals surface area contributed by atoms with Crippen molar-refractivity contribution in [2.45, 2.75) is 52.0 Å². The number of nitrogens with zero attached hydrogens (tertiary/aromatic N) is 1. The van der Waals surface area contributed by atoms with Crippen LogP contribution in [0.5, 0.6) is 0 Å². The number of hydrogen-bond acceptors (Lipinski definition) is 4. The summed E-state index contributed by atoms with van der Waals surface area (Å²) in [7, 11) is 0. The maximum absolute atomic E-state index is 12.4. The summed E-state index contributed by atoms with van der Waals surface area (Å²) in [5, 5.41) is 3.34. The van der Waals surface area contributed by atoms with Crippen LogP contribution in [0.1, 0.15) is 46.5 Å². The molecule has 106 valence electrons. The molecule has 1 rings (SSSR count). The number of ether oxygens (including phenoxy) is 1. The molecule has 0 spiro atoms. The molecule has 0 saturated carbocycles. The summed E-state index contributed by atoms with van der Waals surface area (Å²) in [6.07, 6.45) is 3.95. The quantitative estimate of drug-likeness (QED) is 0.705. The van der Waals surface area contributed by atoms with Crippen LogP contribution in [-0.4, -0.2) is 49.2 Å². The van der Waals surface area contributed by atoms with Gasteiger partial charge in [-0.3, -0.25) is 9.69 Å². The molecule has 0 aromatic carbocycles. The van der Waals surface area contributed by atoms with Gasteiger partial charge in [0.05, 0.1) is 6.61 Å². The number of piperazine rings is 1. The Balaban J connectivity index is 2.84. The number of nitrogens with one attached hydrogen (secondary N) is 1. The van der Waals surface area contributed by atoms with E-state index >= 15 is 0 Å². The van der Waals surface area contributed by atoms with Gasteiger partial charge in [0, 0.05) is 26.2 Å². The molecule has 1 heterocycles. The fourth-order valence-corrected chi connectivity index (χ4v) is 2.76. The van der Waals surface area contributed by atoms with Gasteiger partial charge in [-0.15, -0.1) is 0 Å². The Labute approximate surface area is 111 Å². The highest BCUT2D eigenvalue weighted by molar-refractivity contribution is 5.80. The largest absolute Gasteiger partial charge is 0.465 e. The highest BCUT2D eigenvalue weighted by atomic mass is 16.5. The molecule has 4 heteroatoms. The third-order valence-electron chi connectivity index (χ3n) is 3.91. The lowest BCUT2D eigenvalue weighted by molar-refractivity contribution is -0.160. The number of unbranched alkanes of at least 4 members (excludes halogenated alkanes) is 1. The number of rotatable bonds is 7. The summed E-state index contributed by atoms with van der Waals surface area (Å²) in [5.41, 5.74) is -0.395. The van der Waals surface area contributed by atoms with Crippen LogP contribution < -0.4 is 5.32 Å². The normalized spacial score (nSPS) is 20.4. The molecule has 1 saturated heterocycles. The number of esters is 1. The molecular formula is C14H28N2O2. The van der Waals surface area contributed by atoms with Gasteiger partial charge in [0.2, 0.25) is 0 Å². The van der Waals surface area contributed by atoms with Crippen LogP contribution >= 0.6 is 0 Å². The minimum atomic E-state index is -0.395. The highest BCUT2D eigenvalue weighted by Crippen LogP contribution is 2.28. The summed E-state index contributed by atoms with van der Waals surface area (Å²) >= 11 is 0. The first-order valence-electron chi connectivity index (χ1n) is 7.34. The van der Waals surface area contributed by atoms with Crippen molar-refractivity contribution in [2.75, 3.05) is 32.8 Å². The lowest BCUT2D eigenvalue weighted by atomic mass is 9.87. The summed E-state index contributed by atoms with van der Waals surface area (Å²) in [6, 6.07) is 0. The van der Waals surface area contributed by atoms with Crippen LogP contribution in [0.15, 0.2) is 0 Å². The summed E-state index contributed by atoms with van der Waals surface area (Å²) in [6.45, 7) is 10.4. The van der Waals surface area contributed by atoms with E-state index in [1.165, 1.54) is 0 Å². The topological polar surface area (TPSA) is 41.6 Å². The first-order valence-corrected chi connectivity index (χ1v) is 7.34. The zero-order valence-electron chi connectivity index (χ0n) is 12.1. The van der Waals surface area contributed by atoms with Gasteiger partial charge in [-0.25, -0.2) is 0 Å². The smallest absolute Gasteiger partial charge is 0.326 e. The third-order valence-corrected chi connectivity index (χ3v) is 3.91. The average molecular weight is 256 g/mol. The number of hydrogen-bond donors (Lipinski definition) is 1. The van der Waals surface area contributed by atoms with Crippen LogP contribution in [0.25, 0.3) is 0 Å². The van der Waals surface area contributed by atoms with Crippen molar-refractivity contribution < 1.29 is 9.53 Å². The third kappa shape index (κ3) is 3.45. The van der Waals surface area contributed by atoms with Gasteiger partial charge in [0.25, 0.3) is 0 Å². The second-order valence-electron chi connectivity index (χ2n) is 4.95. The van der Waals surface area contributed by atoms with Crippen LogP contribution in [0, 0.1) is 0 Å². The molecule has 4 nitrogen and oxygen atoms in total. The molecule has 0 aromatic rings. The maximum Gasteiger partial charge on any atom is 0.326 e. The second kappa shape index (κ2) is 7.74. The Morgan fingerprint density at radius 1 is 1.28 bits per heavy atom. The lowest BCUT2D eigenvalue weighted by Crippen LogP contribution is -2.60. The molecule has 1 N–H and O–H groups in total. The Bertz CT molecular complexity index is 252. The molecule has 0 aromatic heterocycles. The SMILES string of the molecule is CCCCC(CC)(C(=O)OCC)N1CCNCC1. The first kappa shape index (κ1) is 15.4. The predicted octanol–water partition coefficient (Wildman–Crippen LogP) is 1.79. The zero-order chi connectivity index (χ0) is 13.4. The van der Waals surface area contributed by atoms with E-state index in [1.54, 1.807) is 0 Å². The van der Waals surface area contributed by atoms with E-state index in [2.05, 4.69) is 24.1 Å². The van der Waals surface area contributed by atoms with Crippen LogP contribution in [0.2, 0.25) is 0 Å². The van der Waals surface area contributed by atoms with Crippen molar-refractivity contribution in [3.05, 3.63) is 0 Å². The minimum Gasteiger partial charge on any atom is -0.465 e. The zero-order valence-corrected chi connectivity index (χ0v) is 12.1. The molecule has 0 aliphatic carbocycles. The average Bonchev–Trinajstić information content (AvgIpc) is 2.42. The number of carbonyl (C=O) groups is 1. The van der Waals surface area contributed by atoms with Crippen molar-refractivity contribution in [2.24, 2.45) is 0 Å². The molecule has 1 atom stereocenters. The number of carbonyl (C=O) groups excluding carboxylic acids is 1. The molecule has 0 radical (unpaired) electrons. The summed E-state index contributed by atoms with van der Waals surface area (Å²) in [5.74, 6) is -0.0251. The second-order valence-corrected chi connectivity index (χ2v) is 4.95. The maximum atomic E-state index is 12.4. The van der Waals surface area contributed by atoms with Crippen molar-refractivity contribution in [3.8, 4) is 0 Å². The van der Waals surface area contributed by atoms with E-state index in [9.17, 15) is 4.79 Å². The molecule has 18 heavy (non-hydrogen) atoms. The van der Waals surface area contributed by atoms with Crippen molar-refractivity contribution >= 4 is 5.97 Å². The molecular weight excluding hydrogens is 228 g/mol. The molecule has 1 unspecified atom stereocenters. The van der Waals surface area contributed by atoms with E-state index in [4.69, 9.17) is 4.74 Å². The van der Waals surface area contributed by atoms with Crippen LogP contribution in [0.3, 0.4) is 0 Å². The fourth-order valence-electron chi connectivity index (χ4n) is 2.76. The predicted molar refractivity (Wildman–Crippen MR) is 73.6 cm³/mol. The van der Waals surface area contributed by atoms with Crippen molar-refractivity contribution in [1.82, 2.24) is 10.2 Å².